The van der Waals surface area contributed by atoms with Crippen molar-refractivity contribution < 1.29 is 45.0 Å². The minimum Gasteiger partial charge on any atom is -0.508 e. The molecule has 0 amide bonds. The van der Waals surface area contributed by atoms with Crippen molar-refractivity contribution in [2.75, 3.05) is 24.7 Å². The fraction of sp³-hybridized carbons (Fsp3) is 0.457. The van der Waals surface area contributed by atoms with Crippen LogP contribution in [0.2, 0.25) is 0 Å². The summed E-state index contributed by atoms with van der Waals surface area (Å²) in [5.74, 6) is 7.51. The van der Waals surface area contributed by atoms with Crippen LogP contribution in [0.5, 0.6) is 17.2 Å². The van der Waals surface area contributed by atoms with E-state index in [1.807, 2.05) is 35.1 Å². The number of fused-ring (bicyclic) bond motifs is 19. The molecule has 2 saturated carbocycles. The van der Waals surface area contributed by atoms with E-state index >= 15 is 0 Å². The predicted octanol–water partition coefficient (Wildman–Crippen LogP) is 13.6. The number of aliphatic hydroxyl groups excluding tert-OH is 2. The first-order valence-electron chi connectivity index (χ1n) is 35.1. The van der Waals surface area contributed by atoms with Crippen LogP contribution in [0.15, 0.2) is 140 Å². The van der Waals surface area contributed by atoms with Gasteiger partial charge in [-0.1, -0.05) is 152 Å². The number of carbonyl (C=O) groups excluding carboxylic acids is 2. The number of benzene rings is 5. The van der Waals surface area contributed by atoms with Crippen LogP contribution in [0.4, 0.5) is 0 Å². The van der Waals surface area contributed by atoms with Gasteiger partial charge in [0.1, 0.15) is 5.75 Å². The van der Waals surface area contributed by atoms with E-state index in [0.29, 0.717) is 91.7 Å². The topological polar surface area (TPSA) is 233 Å². The standard InChI is InChI=1S/C81H89N3O9S4/c82-76(83)63-37-54-5-2-6-68-61(25-32-84-68)71(89)40-64-62(54)38-56(63)44-94-95-45-58-42-77(29-24-59(86)19-14-52-17-22-70(88)72(36-52)93-33-26-53-16-21-69(87)65(64)35-53)48-81(58,92)75-23-18-57(77)41-78-30-31-79-27-3-28-80(91,47-78)74(90)7-1-4-49-8-10-50(11-9-49)12-13-51-15-20-60(55(34-51)39-73(78)79)66(43-85)67(79)46-96-97-75/h8-11,15-18,20-25,29-32,34-38,57-58,64,66-67,73-76,84-85,87-88,90-92H,1,3-4,6-7,12-14,19,26-28,33,39-48,82-83H2. The summed E-state index contributed by atoms with van der Waals surface area (Å²) in [7, 11) is 6.95. The van der Waals surface area contributed by atoms with Crippen molar-refractivity contribution in [1.29, 1.82) is 0 Å². The van der Waals surface area contributed by atoms with Crippen molar-refractivity contribution in [3.8, 4) is 29.1 Å². The van der Waals surface area contributed by atoms with Gasteiger partial charge < -0.3 is 51.8 Å². The Hall–Kier alpha value is -5.94. The van der Waals surface area contributed by atoms with Crippen LogP contribution in [0.3, 0.4) is 0 Å². The number of nitrogens with one attached hydrogen (secondary N) is 1. The van der Waals surface area contributed by atoms with E-state index in [4.69, 9.17) is 16.2 Å². The highest BCUT2D eigenvalue weighted by molar-refractivity contribution is 8.77. The van der Waals surface area contributed by atoms with Crippen LogP contribution in [0.25, 0.3) is 0 Å². The minimum atomic E-state index is -1.41. The summed E-state index contributed by atoms with van der Waals surface area (Å²) in [4.78, 5) is 32.6. The summed E-state index contributed by atoms with van der Waals surface area (Å²) >= 11 is 0. The van der Waals surface area contributed by atoms with Gasteiger partial charge >= 0.3 is 0 Å². The molecule has 10 aliphatic rings. The summed E-state index contributed by atoms with van der Waals surface area (Å²) < 4.78 is 6.33. The number of ketones is 2. The van der Waals surface area contributed by atoms with E-state index in [1.165, 1.54) is 27.8 Å². The Bertz CT molecular complexity index is 4170. The van der Waals surface area contributed by atoms with E-state index in [0.717, 1.165) is 84.2 Å². The molecule has 5 aromatic carbocycles. The molecule has 11 N–H and O–H groups in total. The summed E-state index contributed by atoms with van der Waals surface area (Å²) in [6.07, 6.45) is 23.5. The third-order valence-corrected chi connectivity index (χ3v) is 29.6. The summed E-state index contributed by atoms with van der Waals surface area (Å²) in [5.41, 5.74) is 21.9. The average Bonchev–Trinajstić information content (AvgIpc) is 1.55. The average molecular weight is 1380 g/mol. The van der Waals surface area contributed by atoms with E-state index in [1.54, 1.807) is 68.9 Å². The quantitative estimate of drug-likeness (QED) is 0.0340. The van der Waals surface area contributed by atoms with Crippen molar-refractivity contribution >= 4 is 54.7 Å². The lowest BCUT2D eigenvalue weighted by Crippen LogP contribution is -2.53. The molecule has 20 bridgehead atoms. The normalized spacial score (nSPS) is 32.6. The molecule has 2 fully saturated rings. The number of aromatic hydroxyl groups is 2. The number of phenols is 2. The van der Waals surface area contributed by atoms with E-state index in [2.05, 4.69) is 95.7 Å². The maximum absolute atomic E-state index is 14.8. The van der Waals surface area contributed by atoms with Gasteiger partial charge in [0.15, 0.2) is 23.1 Å². The third kappa shape index (κ3) is 12.7. The van der Waals surface area contributed by atoms with Crippen molar-refractivity contribution in [3.05, 3.63) is 218 Å². The van der Waals surface area contributed by atoms with Crippen LogP contribution in [-0.2, 0) is 55.5 Å². The highest BCUT2D eigenvalue weighted by atomic mass is 33.1. The molecular formula is C81H89N3O9S4. The third-order valence-electron chi connectivity index (χ3n) is 24.4. The Labute approximate surface area is 585 Å². The fourth-order valence-corrected chi connectivity index (χ4v) is 25.1. The lowest BCUT2D eigenvalue weighted by atomic mass is 9.51. The molecule has 97 heavy (non-hydrogen) atoms. The maximum atomic E-state index is 14.8. The lowest BCUT2D eigenvalue weighted by Gasteiger charge is -2.54. The van der Waals surface area contributed by atoms with Crippen LogP contribution in [0.1, 0.15) is 171 Å². The molecule has 0 saturated heterocycles. The van der Waals surface area contributed by atoms with Crippen LogP contribution >= 0.6 is 43.2 Å². The number of rotatable bonds is 2. The first-order valence-corrected chi connectivity index (χ1v) is 40.0. The van der Waals surface area contributed by atoms with Gasteiger partial charge in [-0.2, -0.15) is 0 Å². The van der Waals surface area contributed by atoms with Gasteiger partial charge in [-0.3, -0.25) is 9.59 Å². The van der Waals surface area contributed by atoms with Crippen molar-refractivity contribution in [2.24, 2.45) is 51.4 Å². The lowest BCUT2D eigenvalue weighted by molar-refractivity contribution is -0.133. The SMILES string of the molecule is NC(N)c1cc2c3cc1CSSCC1CC4(C=CC(=O)CCc5ccc(O)c(c5)OCCc5ccc(O)c(c5)C3CC(=O)c3cc[nH]c3CC#C2)CC1(O)C1C=CC4CC23C=CC45CCCC(O)(C2)C(O)CCCc2ccc(cc2)CCc2ccc(c(c2)CC34)C(CO)C5CSS1. The molecule has 16 rings (SSSR count). The van der Waals surface area contributed by atoms with Crippen LogP contribution in [-0.4, -0.2) is 94.5 Å². The van der Waals surface area contributed by atoms with E-state index in [-0.39, 0.29) is 89.4 Å². The number of H-pyrrole nitrogens is 1. The predicted molar refractivity (Wildman–Crippen MR) is 390 cm³/mol. The van der Waals surface area contributed by atoms with Crippen LogP contribution in [0, 0.1) is 51.8 Å². The number of aryl methyl sites for hydroxylation is 4. The smallest absolute Gasteiger partial charge is 0.165 e. The van der Waals surface area contributed by atoms with E-state index in [9.17, 15) is 40.2 Å². The van der Waals surface area contributed by atoms with Crippen LogP contribution < -0.4 is 16.2 Å². The highest BCUT2D eigenvalue weighted by Crippen LogP contribution is 2.71. The Morgan fingerprint density at radius 1 is 0.701 bits per heavy atom. The molecule has 1 spiro atoms. The number of allylic oxidation sites excluding steroid dienone is 5. The molecule has 13 atom stereocenters. The number of phenolic OH excluding ortho intramolecular Hbond substituents is 2. The van der Waals surface area contributed by atoms with Gasteiger partial charge in [-0.05, 0) is 222 Å². The second-order valence-electron chi connectivity index (χ2n) is 29.9. The van der Waals surface area contributed by atoms with Crippen molar-refractivity contribution in [3.63, 3.8) is 0 Å². The fourth-order valence-electron chi connectivity index (χ4n) is 19.3. The number of aromatic nitrogens is 1. The highest BCUT2D eigenvalue weighted by Gasteiger charge is 2.66. The number of hydrogen-bond acceptors (Lipinski definition) is 15. The molecule has 6 aromatic rings. The zero-order valence-electron chi connectivity index (χ0n) is 54.9. The molecule has 0 radical (unpaired) electrons. The van der Waals surface area contributed by atoms with Gasteiger partial charge in [0.25, 0.3) is 0 Å². The zero-order chi connectivity index (χ0) is 66.8. The summed E-state index contributed by atoms with van der Waals surface area (Å²) in [5, 5.41) is 75.3. The van der Waals surface area contributed by atoms with Gasteiger partial charge in [0, 0.05) is 76.9 Å². The molecule has 3 heterocycles. The molecule has 506 valence electrons. The Morgan fingerprint density at radius 2 is 1.47 bits per heavy atom. The van der Waals surface area contributed by atoms with Gasteiger partial charge in [-0.25, -0.2) is 0 Å². The zero-order valence-corrected chi connectivity index (χ0v) is 58.2. The number of aliphatic hydroxyl groups is 4. The molecule has 16 heteroatoms. The minimum absolute atomic E-state index is 0.00396. The molecule has 1 aromatic heterocycles. The molecule has 8 aliphatic carbocycles. The first kappa shape index (κ1) is 66.9. The molecule has 12 nitrogen and oxygen atoms in total. The van der Waals surface area contributed by atoms with Crippen molar-refractivity contribution in [2.45, 2.75) is 162 Å². The number of nitrogens with two attached hydrogens (primary N) is 2. The van der Waals surface area contributed by atoms with Gasteiger partial charge in [-0.15, -0.1) is 0 Å². The number of carbonyl (C=O) groups is 2. The Morgan fingerprint density at radius 3 is 2.31 bits per heavy atom. The van der Waals surface area contributed by atoms with Crippen molar-refractivity contribution in [1.82, 2.24) is 4.98 Å². The summed E-state index contributed by atoms with van der Waals surface area (Å²) in [6.45, 7) is 0.182. The van der Waals surface area contributed by atoms with Gasteiger partial charge in [0.2, 0.25) is 0 Å². The second-order valence-corrected chi connectivity index (χ2v) is 34.9. The second kappa shape index (κ2) is 27.2. The Kier molecular flexibility index (Phi) is 18.8. The molecular weight excluding hydrogens is 1290 g/mol. The molecule has 13 unspecified atom stereocenters. The monoisotopic (exact) mass is 1380 g/mol. The number of ether oxygens (including phenoxy) is 1. The summed E-state index contributed by atoms with van der Waals surface area (Å²) in [6, 6.07) is 32.5. The first-order chi connectivity index (χ1) is 46.9. The number of Topliss-reactive ketones (excluding diaryl/α,β-unsaturated/α-hetero) is 1. The maximum Gasteiger partial charge on any atom is 0.165 e. The number of aromatic amines is 1. The largest absolute Gasteiger partial charge is 0.508 e. The number of hydrogen-bond donors (Lipinski definition) is 9. The Balaban J connectivity index is 0.838. The van der Waals surface area contributed by atoms with E-state index < -0.39 is 40.2 Å². The molecule has 2 aliphatic heterocycles. The van der Waals surface area contributed by atoms with Gasteiger partial charge in [0.05, 0.1) is 48.4 Å².